The van der Waals surface area contributed by atoms with Crippen LogP contribution in [0.1, 0.15) is 12.0 Å². The number of nitrogens with zero attached hydrogens (tertiary/aromatic N) is 1. The molecule has 0 unspecified atom stereocenters. The van der Waals surface area contributed by atoms with Crippen LogP contribution in [0, 0.1) is 18.3 Å². The maximum absolute atomic E-state index is 10.5. The van der Waals surface area contributed by atoms with Gasteiger partial charge in [-0.1, -0.05) is 17.7 Å². The predicted octanol–water partition coefficient (Wildman–Crippen LogP) is 1.10. The highest BCUT2D eigenvalue weighted by molar-refractivity contribution is 7.85. The van der Waals surface area contributed by atoms with E-state index < -0.39 is 10.1 Å². The molecule has 0 atom stereocenters. The number of nitrogens with two attached hydrogens (primary N) is 1. The molecule has 1 aromatic rings. The van der Waals surface area contributed by atoms with E-state index in [0.29, 0.717) is 13.0 Å². The van der Waals surface area contributed by atoms with Gasteiger partial charge in [0.1, 0.15) is 0 Å². The number of nitriles is 1. The zero-order valence-corrected chi connectivity index (χ0v) is 9.74. The maximum atomic E-state index is 10.5. The van der Waals surface area contributed by atoms with Gasteiger partial charge in [0.25, 0.3) is 10.1 Å². The number of hydrogen-bond acceptors (Lipinski definition) is 4. The van der Waals surface area contributed by atoms with E-state index >= 15 is 0 Å². The minimum atomic E-state index is -4.02. The lowest BCUT2D eigenvalue weighted by Crippen LogP contribution is -1.96. The SMILES string of the molecule is Cc1ccc(S(=O)(=O)O)cc1.N#CCCN. The molecule has 16 heavy (non-hydrogen) atoms. The molecule has 0 amide bonds. The zero-order valence-electron chi connectivity index (χ0n) is 8.92. The summed E-state index contributed by atoms with van der Waals surface area (Å²) in [5.74, 6) is 0. The Morgan fingerprint density at radius 3 is 2.12 bits per heavy atom. The average Bonchev–Trinajstić information content (AvgIpc) is 2.19. The van der Waals surface area contributed by atoms with E-state index in [4.69, 9.17) is 15.5 Å². The zero-order chi connectivity index (χ0) is 12.6. The van der Waals surface area contributed by atoms with E-state index in [1.807, 2.05) is 13.0 Å². The van der Waals surface area contributed by atoms with E-state index in [1.54, 1.807) is 12.1 Å². The van der Waals surface area contributed by atoms with Crippen molar-refractivity contribution in [1.29, 1.82) is 5.26 Å². The lowest BCUT2D eigenvalue weighted by atomic mass is 10.2. The Morgan fingerprint density at radius 2 is 1.88 bits per heavy atom. The molecular weight excluding hydrogens is 228 g/mol. The van der Waals surface area contributed by atoms with Crippen LogP contribution < -0.4 is 5.73 Å². The Balaban J connectivity index is 0.000000385. The average molecular weight is 242 g/mol. The number of hydrogen-bond donors (Lipinski definition) is 2. The Labute approximate surface area is 95.3 Å². The summed E-state index contributed by atoms with van der Waals surface area (Å²) < 4.78 is 29.6. The molecule has 0 aromatic heterocycles. The standard InChI is InChI=1S/C7H8O3S.C3H6N2/c1-6-2-4-7(5-3-6)11(8,9)10;4-2-1-3-5/h2-5H,1H3,(H,8,9,10);1-2,4H2. The summed E-state index contributed by atoms with van der Waals surface area (Å²) in [6, 6.07) is 7.88. The molecule has 0 aliphatic rings. The van der Waals surface area contributed by atoms with Crippen molar-refractivity contribution in [1.82, 2.24) is 0 Å². The van der Waals surface area contributed by atoms with Crippen molar-refractivity contribution in [2.24, 2.45) is 5.73 Å². The Kier molecular flexibility index (Phi) is 6.34. The Bertz CT molecular complexity index is 446. The first kappa shape index (κ1) is 14.6. The van der Waals surface area contributed by atoms with Crippen molar-refractivity contribution < 1.29 is 13.0 Å². The highest BCUT2D eigenvalue weighted by atomic mass is 32.2. The van der Waals surface area contributed by atoms with E-state index in [-0.39, 0.29) is 4.90 Å². The van der Waals surface area contributed by atoms with Gasteiger partial charge in [-0.05, 0) is 19.1 Å². The van der Waals surface area contributed by atoms with Crippen LogP contribution in [0.3, 0.4) is 0 Å². The molecule has 0 bridgehead atoms. The second-order valence-electron chi connectivity index (χ2n) is 2.98. The molecule has 88 valence electrons. The van der Waals surface area contributed by atoms with Crippen molar-refractivity contribution in [3.8, 4) is 6.07 Å². The van der Waals surface area contributed by atoms with Crippen molar-refractivity contribution in [2.75, 3.05) is 6.54 Å². The molecule has 0 aliphatic carbocycles. The van der Waals surface area contributed by atoms with Gasteiger partial charge in [0, 0.05) is 13.0 Å². The van der Waals surface area contributed by atoms with Crippen LogP contribution in [-0.2, 0) is 10.1 Å². The van der Waals surface area contributed by atoms with Crippen molar-refractivity contribution >= 4 is 10.1 Å². The molecule has 1 aromatic carbocycles. The normalized spacial score (nSPS) is 9.88. The molecular formula is C10H14N2O3S. The first-order valence-corrected chi connectivity index (χ1v) is 5.97. The van der Waals surface area contributed by atoms with Gasteiger partial charge >= 0.3 is 0 Å². The fraction of sp³-hybridized carbons (Fsp3) is 0.300. The smallest absolute Gasteiger partial charge is 0.294 e. The number of benzene rings is 1. The third-order valence-electron chi connectivity index (χ3n) is 1.57. The minimum Gasteiger partial charge on any atom is -0.329 e. The molecule has 6 heteroatoms. The summed E-state index contributed by atoms with van der Waals surface area (Å²) in [6.07, 6.45) is 0.472. The first-order valence-electron chi connectivity index (χ1n) is 4.53. The van der Waals surface area contributed by atoms with Gasteiger partial charge in [-0.3, -0.25) is 4.55 Å². The van der Waals surface area contributed by atoms with Crippen LogP contribution >= 0.6 is 0 Å². The van der Waals surface area contributed by atoms with E-state index in [1.165, 1.54) is 12.1 Å². The number of aryl methyl sites for hydroxylation is 1. The summed E-state index contributed by atoms with van der Waals surface area (Å²) in [5, 5.41) is 7.74. The summed E-state index contributed by atoms with van der Waals surface area (Å²) in [6.45, 7) is 2.32. The van der Waals surface area contributed by atoms with Crippen molar-refractivity contribution in [3.05, 3.63) is 29.8 Å². The van der Waals surface area contributed by atoms with Gasteiger partial charge in [0.15, 0.2) is 0 Å². The summed E-state index contributed by atoms with van der Waals surface area (Å²) >= 11 is 0. The molecule has 0 saturated heterocycles. The lowest BCUT2D eigenvalue weighted by Gasteiger charge is -1.95. The molecule has 1 rings (SSSR count). The fourth-order valence-corrected chi connectivity index (χ4v) is 1.25. The van der Waals surface area contributed by atoms with Gasteiger partial charge < -0.3 is 5.73 Å². The van der Waals surface area contributed by atoms with E-state index in [9.17, 15) is 8.42 Å². The Morgan fingerprint density at radius 1 is 1.38 bits per heavy atom. The van der Waals surface area contributed by atoms with Crippen LogP contribution in [0.2, 0.25) is 0 Å². The van der Waals surface area contributed by atoms with Gasteiger partial charge in [0.05, 0.1) is 11.0 Å². The quantitative estimate of drug-likeness (QED) is 0.756. The topological polar surface area (TPSA) is 104 Å². The van der Waals surface area contributed by atoms with Crippen molar-refractivity contribution in [2.45, 2.75) is 18.2 Å². The molecule has 0 fully saturated rings. The third kappa shape index (κ3) is 6.14. The van der Waals surface area contributed by atoms with Crippen LogP contribution in [0.15, 0.2) is 29.2 Å². The molecule has 0 saturated carbocycles. The van der Waals surface area contributed by atoms with Crippen LogP contribution in [-0.4, -0.2) is 19.5 Å². The highest BCUT2D eigenvalue weighted by Crippen LogP contribution is 2.08. The molecule has 0 radical (unpaired) electrons. The first-order chi connectivity index (χ1) is 7.41. The van der Waals surface area contributed by atoms with Crippen LogP contribution in [0.25, 0.3) is 0 Å². The molecule has 0 heterocycles. The highest BCUT2D eigenvalue weighted by Gasteiger charge is 2.06. The predicted molar refractivity (Wildman–Crippen MR) is 60.3 cm³/mol. The second kappa shape index (κ2) is 6.95. The molecule has 3 N–H and O–H groups in total. The Hall–Kier alpha value is -1.42. The number of rotatable bonds is 2. The fourth-order valence-electron chi connectivity index (χ4n) is 0.775. The molecule has 0 aliphatic heterocycles. The largest absolute Gasteiger partial charge is 0.329 e. The summed E-state index contributed by atoms with van der Waals surface area (Å²) in [5.41, 5.74) is 5.87. The summed E-state index contributed by atoms with van der Waals surface area (Å²) in [4.78, 5) is -0.0666. The summed E-state index contributed by atoms with van der Waals surface area (Å²) in [7, 11) is -4.02. The minimum absolute atomic E-state index is 0.0666. The second-order valence-corrected chi connectivity index (χ2v) is 4.41. The third-order valence-corrected chi connectivity index (χ3v) is 2.44. The maximum Gasteiger partial charge on any atom is 0.294 e. The van der Waals surface area contributed by atoms with E-state index in [0.717, 1.165) is 5.56 Å². The monoisotopic (exact) mass is 242 g/mol. The van der Waals surface area contributed by atoms with Crippen LogP contribution in [0.5, 0.6) is 0 Å². The van der Waals surface area contributed by atoms with Crippen LogP contribution in [0.4, 0.5) is 0 Å². The molecule has 5 nitrogen and oxygen atoms in total. The van der Waals surface area contributed by atoms with Gasteiger partial charge in [-0.2, -0.15) is 13.7 Å². The van der Waals surface area contributed by atoms with Gasteiger partial charge in [-0.25, -0.2) is 0 Å². The lowest BCUT2D eigenvalue weighted by molar-refractivity contribution is 0.483. The van der Waals surface area contributed by atoms with E-state index in [2.05, 4.69) is 0 Å². The van der Waals surface area contributed by atoms with Gasteiger partial charge in [-0.15, -0.1) is 0 Å². The van der Waals surface area contributed by atoms with Crippen molar-refractivity contribution in [3.63, 3.8) is 0 Å². The molecule has 0 spiro atoms. The van der Waals surface area contributed by atoms with Gasteiger partial charge in [0.2, 0.25) is 0 Å².